The van der Waals surface area contributed by atoms with E-state index in [1.165, 1.54) is 0 Å². The molecule has 19 heavy (non-hydrogen) atoms. The Bertz CT molecular complexity index is 396. The molecule has 1 fully saturated rings. The van der Waals surface area contributed by atoms with Gasteiger partial charge in [-0.05, 0) is 33.7 Å². The second-order valence-electron chi connectivity index (χ2n) is 5.38. The van der Waals surface area contributed by atoms with Crippen LogP contribution >= 0.6 is 11.3 Å². The Morgan fingerprint density at radius 3 is 3.11 bits per heavy atom. The number of hydrogen-bond acceptors (Lipinski definition) is 5. The molecular formula is C14H25N3OS. The van der Waals surface area contributed by atoms with Gasteiger partial charge in [0.1, 0.15) is 0 Å². The molecule has 2 heterocycles. The first-order chi connectivity index (χ1) is 9.11. The Kier molecular flexibility index (Phi) is 5.19. The van der Waals surface area contributed by atoms with Gasteiger partial charge in [-0.25, -0.2) is 4.98 Å². The minimum absolute atomic E-state index is 0.291. The van der Waals surface area contributed by atoms with Crippen molar-refractivity contribution in [2.24, 2.45) is 0 Å². The van der Waals surface area contributed by atoms with Crippen molar-refractivity contribution in [1.29, 1.82) is 0 Å². The van der Waals surface area contributed by atoms with Crippen molar-refractivity contribution in [2.75, 3.05) is 24.6 Å². The van der Waals surface area contributed by atoms with Crippen molar-refractivity contribution < 1.29 is 4.74 Å². The topological polar surface area (TPSA) is 37.4 Å². The summed E-state index contributed by atoms with van der Waals surface area (Å²) in [4.78, 5) is 7.17. The molecule has 0 bridgehead atoms. The quantitative estimate of drug-likeness (QED) is 0.901. The maximum absolute atomic E-state index is 5.67. The van der Waals surface area contributed by atoms with E-state index < -0.39 is 0 Å². The number of nitrogens with zero attached hydrogens (tertiary/aromatic N) is 2. The van der Waals surface area contributed by atoms with E-state index in [2.05, 4.69) is 43.3 Å². The predicted molar refractivity (Wildman–Crippen MR) is 81.0 cm³/mol. The van der Waals surface area contributed by atoms with Gasteiger partial charge in [-0.2, -0.15) is 0 Å². The standard InChI is InChI=1S/C14H25N3OS/c1-5-6-15-12(4)13-9-19-14(16-13)17-7-11(3)18-8-10(17)2/h9-12,15H,5-8H2,1-4H3. The van der Waals surface area contributed by atoms with E-state index in [1.54, 1.807) is 11.3 Å². The van der Waals surface area contributed by atoms with E-state index in [-0.39, 0.29) is 0 Å². The summed E-state index contributed by atoms with van der Waals surface area (Å²) < 4.78 is 5.67. The largest absolute Gasteiger partial charge is 0.375 e. The second-order valence-corrected chi connectivity index (χ2v) is 6.21. The molecule has 2 rings (SSSR count). The molecule has 1 aromatic heterocycles. The van der Waals surface area contributed by atoms with E-state index >= 15 is 0 Å². The SMILES string of the molecule is CCCNC(C)c1csc(N2CC(C)OCC2C)n1. The van der Waals surface area contributed by atoms with E-state index in [9.17, 15) is 0 Å². The van der Waals surface area contributed by atoms with E-state index in [1.807, 2.05) is 0 Å². The number of thiazole rings is 1. The summed E-state index contributed by atoms with van der Waals surface area (Å²) in [6.07, 6.45) is 1.44. The normalized spacial score (nSPS) is 25.6. The highest BCUT2D eigenvalue weighted by molar-refractivity contribution is 7.13. The van der Waals surface area contributed by atoms with Crippen molar-refractivity contribution in [3.8, 4) is 0 Å². The number of rotatable bonds is 5. The molecule has 1 saturated heterocycles. The number of morpholine rings is 1. The lowest BCUT2D eigenvalue weighted by molar-refractivity contribution is 0.0343. The van der Waals surface area contributed by atoms with Crippen LogP contribution in [-0.2, 0) is 4.74 Å². The average Bonchev–Trinajstić information content (AvgIpc) is 2.88. The van der Waals surface area contributed by atoms with E-state index in [0.29, 0.717) is 18.2 Å². The monoisotopic (exact) mass is 283 g/mol. The van der Waals surface area contributed by atoms with Gasteiger partial charge >= 0.3 is 0 Å². The highest BCUT2D eigenvalue weighted by Gasteiger charge is 2.26. The molecule has 0 amide bonds. The molecule has 3 atom stereocenters. The van der Waals surface area contributed by atoms with Crippen LogP contribution in [0.1, 0.15) is 45.9 Å². The fourth-order valence-corrected chi connectivity index (χ4v) is 3.27. The zero-order valence-corrected chi connectivity index (χ0v) is 13.2. The van der Waals surface area contributed by atoms with Crippen LogP contribution in [0.2, 0.25) is 0 Å². The number of anilines is 1. The Balaban J connectivity index is 2.03. The van der Waals surface area contributed by atoms with E-state index in [0.717, 1.165) is 36.9 Å². The highest BCUT2D eigenvalue weighted by Crippen LogP contribution is 2.27. The van der Waals surface area contributed by atoms with Crippen molar-refractivity contribution >= 4 is 16.5 Å². The van der Waals surface area contributed by atoms with Gasteiger partial charge in [0.2, 0.25) is 0 Å². The lowest BCUT2D eigenvalue weighted by Crippen LogP contribution is -2.47. The number of aromatic nitrogens is 1. The Morgan fingerprint density at radius 2 is 2.37 bits per heavy atom. The summed E-state index contributed by atoms with van der Waals surface area (Å²) in [6.45, 7) is 11.5. The molecule has 5 heteroatoms. The first-order valence-corrected chi connectivity index (χ1v) is 8.06. The van der Waals surface area contributed by atoms with Crippen molar-refractivity contribution in [3.05, 3.63) is 11.1 Å². The molecule has 1 aliphatic rings. The number of nitrogens with one attached hydrogen (secondary N) is 1. The lowest BCUT2D eigenvalue weighted by Gasteiger charge is -2.36. The van der Waals surface area contributed by atoms with Gasteiger partial charge in [0.15, 0.2) is 5.13 Å². The first kappa shape index (κ1) is 14.8. The lowest BCUT2D eigenvalue weighted by atomic mass is 10.2. The summed E-state index contributed by atoms with van der Waals surface area (Å²) in [5.41, 5.74) is 1.15. The van der Waals surface area contributed by atoms with E-state index in [4.69, 9.17) is 9.72 Å². The molecule has 0 radical (unpaired) electrons. The summed E-state index contributed by atoms with van der Waals surface area (Å²) in [7, 11) is 0. The minimum Gasteiger partial charge on any atom is -0.375 e. The van der Waals surface area contributed by atoms with Gasteiger partial charge in [0.05, 0.1) is 24.4 Å². The molecule has 4 nitrogen and oxygen atoms in total. The van der Waals surface area contributed by atoms with Crippen LogP contribution in [0.25, 0.3) is 0 Å². The number of ether oxygens (including phenoxy) is 1. The predicted octanol–water partition coefficient (Wildman–Crippen LogP) is 2.82. The number of hydrogen-bond donors (Lipinski definition) is 1. The zero-order chi connectivity index (χ0) is 13.8. The van der Waals surface area contributed by atoms with Gasteiger partial charge in [-0.15, -0.1) is 11.3 Å². The minimum atomic E-state index is 0.291. The fourth-order valence-electron chi connectivity index (χ4n) is 2.24. The summed E-state index contributed by atoms with van der Waals surface area (Å²) in [5.74, 6) is 0. The van der Waals surface area contributed by atoms with Crippen molar-refractivity contribution in [1.82, 2.24) is 10.3 Å². The Hall–Kier alpha value is -0.650. The van der Waals surface area contributed by atoms with Crippen LogP contribution < -0.4 is 10.2 Å². The molecule has 1 N–H and O–H groups in total. The van der Waals surface area contributed by atoms with Gasteiger partial charge in [-0.3, -0.25) is 0 Å². The molecule has 3 unspecified atom stereocenters. The van der Waals surface area contributed by atoms with Crippen molar-refractivity contribution in [3.63, 3.8) is 0 Å². The van der Waals surface area contributed by atoms with Gasteiger partial charge in [-0.1, -0.05) is 6.92 Å². The second kappa shape index (κ2) is 6.68. The average molecular weight is 283 g/mol. The molecule has 1 aromatic rings. The Morgan fingerprint density at radius 1 is 1.58 bits per heavy atom. The van der Waals surface area contributed by atoms with Crippen LogP contribution in [0.4, 0.5) is 5.13 Å². The molecule has 0 spiro atoms. The van der Waals surface area contributed by atoms with Crippen molar-refractivity contribution in [2.45, 2.75) is 52.3 Å². The molecule has 0 saturated carbocycles. The van der Waals surface area contributed by atoms with Crippen LogP contribution in [0.15, 0.2) is 5.38 Å². The third-order valence-electron chi connectivity index (χ3n) is 3.51. The molecule has 0 aliphatic carbocycles. The Labute approximate surface area is 120 Å². The third-order valence-corrected chi connectivity index (χ3v) is 4.40. The van der Waals surface area contributed by atoms with Crippen LogP contribution in [-0.4, -0.2) is 36.8 Å². The van der Waals surface area contributed by atoms with Crippen LogP contribution in [0.3, 0.4) is 0 Å². The molecular weight excluding hydrogens is 258 g/mol. The highest BCUT2D eigenvalue weighted by atomic mass is 32.1. The van der Waals surface area contributed by atoms with Gasteiger partial charge < -0.3 is 15.0 Å². The summed E-state index contributed by atoms with van der Waals surface area (Å²) >= 11 is 1.74. The van der Waals surface area contributed by atoms with Crippen LogP contribution in [0.5, 0.6) is 0 Å². The van der Waals surface area contributed by atoms with Gasteiger partial charge in [0, 0.05) is 18.0 Å². The zero-order valence-electron chi connectivity index (χ0n) is 12.3. The maximum Gasteiger partial charge on any atom is 0.185 e. The maximum atomic E-state index is 5.67. The first-order valence-electron chi connectivity index (χ1n) is 7.18. The molecule has 108 valence electrons. The molecule has 1 aliphatic heterocycles. The smallest absolute Gasteiger partial charge is 0.185 e. The van der Waals surface area contributed by atoms with Crippen LogP contribution in [0, 0.1) is 0 Å². The fraction of sp³-hybridized carbons (Fsp3) is 0.786. The third kappa shape index (κ3) is 3.68. The summed E-state index contributed by atoms with van der Waals surface area (Å²) in [5, 5.41) is 6.79. The molecule has 0 aromatic carbocycles. The van der Waals surface area contributed by atoms with Gasteiger partial charge in [0.25, 0.3) is 0 Å². The summed E-state index contributed by atoms with van der Waals surface area (Å²) in [6, 6.07) is 0.743.